The summed E-state index contributed by atoms with van der Waals surface area (Å²) < 4.78 is 0. The molecule has 0 bridgehead atoms. The van der Waals surface area contributed by atoms with Crippen LogP contribution in [-0.4, -0.2) is 52.3 Å². The molecule has 0 fully saturated rings. The smallest absolute Gasteiger partial charge is 0.326 e. The van der Waals surface area contributed by atoms with E-state index in [1.165, 1.54) is 23.0 Å². The molecule has 232 valence electrons. The van der Waals surface area contributed by atoms with Crippen LogP contribution >= 0.6 is 0 Å². The summed E-state index contributed by atoms with van der Waals surface area (Å²) in [5.74, 6) is -2.12. The lowest BCUT2D eigenvalue weighted by atomic mass is 9.93. The van der Waals surface area contributed by atoms with E-state index in [1.54, 1.807) is 55.1 Å². The van der Waals surface area contributed by atoms with Gasteiger partial charge in [0.15, 0.2) is 0 Å². The summed E-state index contributed by atoms with van der Waals surface area (Å²) in [5, 5.41) is 14.3. The number of imide groups is 1. The van der Waals surface area contributed by atoms with Gasteiger partial charge in [0.05, 0.1) is 24.1 Å². The van der Waals surface area contributed by atoms with Gasteiger partial charge in [0.1, 0.15) is 0 Å². The third-order valence-corrected chi connectivity index (χ3v) is 7.95. The fourth-order valence-corrected chi connectivity index (χ4v) is 5.56. The molecule has 1 aliphatic heterocycles. The second-order valence-electron chi connectivity index (χ2n) is 11.5. The molecule has 3 N–H and O–H groups in total. The molecule has 10 nitrogen and oxygen atoms in total. The largest absolute Gasteiger partial charge is 0.481 e. The van der Waals surface area contributed by atoms with Crippen molar-refractivity contribution in [2.75, 3.05) is 16.8 Å². The number of anilines is 2. The molecule has 3 aromatic carbocycles. The Kier molecular flexibility index (Phi) is 9.42. The van der Waals surface area contributed by atoms with Crippen molar-refractivity contribution in [3.63, 3.8) is 0 Å². The fraction of sp³-hybridized carbons (Fsp3) is 0.286. The number of rotatable bonds is 10. The number of carbonyl (C=O) groups is 5. The maximum Gasteiger partial charge on any atom is 0.326 e. The highest BCUT2D eigenvalue weighted by atomic mass is 16.4. The summed E-state index contributed by atoms with van der Waals surface area (Å²) >= 11 is 0. The number of carbonyl (C=O) groups excluding carboxylic acids is 4. The van der Waals surface area contributed by atoms with Gasteiger partial charge < -0.3 is 15.7 Å². The molecule has 5 amide bonds. The highest BCUT2D eigenvalue weighted by Gasteiger charge is 2.37. The normalized spacial score (nSPS) is 14.2. The minimum atomic E-state index is -0.995. The van der Waals surface area contributed by atoms with Crippen molar-refractivity contribution >= 4 is 46.7 Å². The topological polar surface area (TPSA) is 136 Å². The Morgan fingerprint density at radius 1 is 0.911 bits per heavy atom. The number of allylic oxidation sites excluding steroid dienone is 2. The van der Waals surface area contributed by atoms with Crippen LogP contribution < -0.4 is 15.5 Å². The average molecular weight is 609 g/mol. The maximum atomic E-state index is 13.8. The van der Waals surface area contributed by atoms with Crippen molar-refractivity contribution in [3.05, 3.63) is 101 Å². The average Bonchev–Trinajstić information content (AvgIpc) is 3.29. The van der Waals surface area contributed by atoms with Gasteiger partial charge in [-0.25, -0.2) is 4.79 Å². The number of fused-ring (bicyclic) bond motifs is 1. The molecule has 0 radical (unpaired) electrons. The van der Waals surface area contributed by atoms with E-state index < -0.39 is 17.9 Å². The summed E-state index contributed by atoms with van der Waals surface area (Å²) in [6.45, 7) is 3.75. The Labute approximate surface area is 261 Å². The Morgan fingerprint density at radius 2 is 1.62 bits per heavy atom. The van der Waals surface area contributed by atoms with Crippen LogP contribution in [0.3, 0.4) is 0 Å². The van der Waals surface area contributed by atoms with E-state index in [0.29, 0.717) is 22.5 Å². The first-order valence-electron chi connectivity index (χ1n) is 15.1. The maximum absolute atomic E-state index is 13.8. The second kappa shape index (κ2) is 13.6. The molecular weight excluding hydrogens is 572 g/mol. The van der Waals surface area contributed by atoms with Crippen molar-refractivity contribution in [2.24, 2.45) is 0 Å². The van der Waals surface area contributed by atoms with Gasteiger partial charge >= 0.3 is 12.0 Å². The van der Waals surface area contributed by atoms with Gasteiger partial charge in [-0.05, 0) is 98.7 Å². The van der Waals surface area contributed by atoms with Crippen LogP contribution in [0, 0.1) is 0 Å². The minimum absolute atomic E-state index is 0.0225. The molecular formula is C35H36N4O6. The molecule has 0 spiro atoms. The molecule has 3 aromatic rings. The number of amides is 5. The first kappa shape index (κ1) is 31.2. The van der Waals surface area contributed by atoms with Gasteiger partial charge in [-0.15, -0.1) is 0 Å². The third-order valence-electron chi connectivity index (χ3n) is 7.95. The molecule has 0 unspecified atom stereocenters. The van der Waals surface area contributed by atoms with E-state index in [0.717, 1.165) is 30.4 Å². The van der Waals surface area contributed by atoms with Gasteiger partial charge in [0, 0.05) is 29.5 Å². The number of benzene rings is 3. The van der Waals surface area contributed by atoms with E-state index in [2.05, 4.69) is 16.7 Å². The van der Waals surface area contributed by atoms with Crippen LogP contribution in [0.15, 0.2) is 72.8 Å². The van der Waals surface area contributed by atoms with Crippen molar-refractivity contribution in [3.8, 4) is 0 Å². The summed E-state index contributed by atoms with van der Waals surface area (Å²) in [7, 11) is 0. The number of nitrogens with zero attached hydrogens (tertiary/aromatic N) is 2. The Morgan fingerprint density at radius 3 is 2.27 bits per heavy atom. The van der Waals surface area contributed by atoms with Crippen LogP contribution in [0.5, 0.6) is 0 Å². The molecule has 5 rings (SSSR count). The molecule has 0 saturated carbocycles. The molecule has 1 aliphatic carbocycles. The number of hydrogen-bond donors (Lipinski definition) is 3. The van der Waals surface area contributed by atoms with E-state index in [-0.39, 0.29) is 42.9 Å². The summed E-state index contributed by atoms with van der Waals surface area (Å²) in [4.78, 5) is 65.4. The van der Waals surface area contributed by atoms with Gasteiger partial charge in [-0.1, -0.05) is 30.3 Å². The predicted molar refractivity (Wildman–Crippen MR) is 171 cm³/mol. The van der Waals surface area contributed by atoms with Gasteiger partial charge in [0.2, 0.25) is 0 Å². The second-order valence-corrected chi connectivity index (χ2v) is 11.5. The minimum Gasteiger partial charge on any atom is -0.481 e. The van der Waals surface area contributed by atoms with Crippen LogP contribution in [0.2, 0.25) is 0 Å². The number of hydrogen-bond acceptors (Lipinski definition) is 5. The van der Waals surface area contributed by atoms with Crippen LogP contribution in [-0.2, 0) is 11.3 Å². The van der Waals surface area contributed by atoms with Crippen molar-refractivity contribution in [2.45, 2.75) is 58.5 Å². The first-order valence-corrected chi connectivity index (χ1v) is 15.1. The Hall–Kier alpha value is -5.25. The predicted octanol–water partition coefficient (Wildman–Crippen LogP) is 6.09. The lowest BCUT2D eigenvalue weighted by Crippen LogP contribution is -2.36. The third kappa shape index (κ3) is 7.12. The monoisotopic (exact) mass is 608 g/mol. The zero-order valence-electron chi connectivity index (χ0n) is 25.3. The molecule has 0 atom stereocenters. The molecule has 45 heavy (non-hydrogen) atoms. The standard InChI is InChI=1S/C35H36N4O6/c1-22(2)39-33(43)29-17-14-27(20-30(29)34(39)44)37-35(45)38(28-15-12-25(13-16-28)24-6-4-3-5-7-24)21-23-8-10-26(11-9-23)32(42)36-19-18-31(40)41/h6,8-17,20,22H,3-5,7,18-19,21H2,1-2H3,(H,36,42)(H,37,45)(H,40,41). The molecule has 0 saturated heterocycles. The zero-order chi connectivity index (χ0) is 32.1. The van der Waals surface area contributed by atoms with Gasteiger partial charge in [-0.2, -0.15) is 0 Å². The Balaban J connectivity index is 1.37. The van der Waals surface area contributed by atoms with Crippen LogP contribution in [0.4, 0.5) is 16.2 Å². The first-order chi connectivity index (χ1) is 21.6. The number of urea groups is 1. The van der Waals surface area contributed by atoms with Gasteiger partial charge in [0.25, 0.3) is 17.7 Å². The highest BCUT2D eigenvalue weighted by Crippen LogP contribution is 2.30. The van der Waals surface area contributed by atoms with Crippen molar-refractivity contribution in [1.29, 1.82) is 0 Å². The summed E-state index contributed by atoms with van der Waals surface area (Å²) in [6, 6.07) is 18.5. The van der Waals surface area contributed by atoms with Crippen LogP contribution in [0.25, 0.3) is 5.57 Å². The van der Waals surface area contributed by atoms with E-state index >= 15 is 0 Å². The molecule has 2 aliphatic rings. The zero-order valence-corrected chi connectivity index (χ0v) is 25.3. The number of nitrogens with one attached hydrogen (secondary N) is 2. The highest BCUT2D eigenvalue weighted by molar-refractivity contribution is 6.22. The number of carboxylic acids is 1. The lowest BCUT2D eigenvalue weighted by Gasteiger charge is -2.24. The van der Waals surface area contributed by atoms with Crippen molar-refractivity contribution < 1.29 is 29.1 Å². The number of carboxylic acid groups (broad SMARTS) is 1. The molecule has 0 aromatic heterocycles. The molecule has 1 heterocycles. The van der Waals surface area contributed by atoms with E-state index in [4.69, 9.17) is 5.11 Å². The molecule has 10 heteroatoms. The number of aliphatic carboxylic acids is 1. The summed E-state index contributed by atoms with van der Waals surface area (Å²) in [5.41, 5.74) is 5.15. The van der Waals surface area contributed by atoms with E-state index in [1.807, 2.05) is 24.3 Å². The van der Waals surface area contributed by atoms with Crippen molar-refractivity contribution in [1.82, 2.24) is 10.2 Å². The fourth-order valence-electron chi connectivity index (χ4n) is 5.56. The van der Waals surface area contributed by atoms with Crippen LogP contribution in [0.1, 0.15) is 88.2 Å². The quantitative estimate of drug-likeness (QED) is 0.238. The summed E-state index contributed by atoms with van der Waals surface area (Å²) in [6.07, 6.45) is 6.52. The Bertz CT molecular complexity index is 1660. The van der Waals surface area contributed by atoms with E-state index in [9.17, 15) is 24.0 Å². The lowest BCUT2D eigenvalue weighted by molar-refractivity contribution is -0.136. The van der Waals surface area contributed by atoms with Gasteiger partial charge in [-0.3, -0.25) is 29.0 Å². The SMILES string of the molecule is CC(C)N1C(=O)c2ccc(NC(=O)N(Cc3ccc(C(=O)NCCC(=O)O)cc3)c3ccc(C4=CCCCC4)cc3)cc2C1=O.